The van der Waals surface area contributed by atoms with E-state index in [1.54, 1.807) is 0 Å². The largest absolute Gasteiger partial charge is 0.378 e. The molecule has 0 atom stereocenters. The summed E-state index contributed by atoms with van der Waals surface area (Å²) < 4.78 is 31.5. The molecule has 2 aliphatic heterocycles. The van der Waals surface area contributed by atoms with Crippen LogP contribution in [0.1, 0.15) is 39.5 Å². The number of hydrogen-bond donors (Lipinski definition) is 1. The van der Waals surface area contributed by atoms with Gasteiger partial charge in [-0.25, -0.2) is 8.42 Å². The van der Waals surface area contributed by atoms with Crippen molar-refractivity contribution in [3.05, 3.63) is 0 Å². The molecule has 0 aromatic carbocycles. The molecule has 0 unspecified atom stereocenters. The molecule has 7 nitrogen and oxygen atoms in total. The number of piperidine rings is 1. The van der Waals surface area contributed by atoms with E-state index >= 15 is 0 Å². The number of hydrogen-bond acceptors (Lipinski definition) is 5. The lowest BCUT2D eigenvalue weighted by Crippen LogP contribution is -2.51. The Bertz CT molecular complexity index is 516. The van der Waals surface area contributed by atoms with E-state index in [1.165, 1.54) is 4.31 Å². The fourth-order valence-corrected chi connectivity index (χ4v) is 4.67. The standard InChI is InChI=1S/C17H33N3O4S.ClH/c1-15(2)24-13-14-25(22,23)20-11-9-19(10-12-20)17(21)4-3-16-5-7-18-8-6-16;/h15-16,18H,3-14H2,1-2H3;1H. The molecule has 0 saturated carbocycles. The van der Waals surface area contributed by atoms with Gasteiger partial charge in [-0.05, 0) is 52.1 Å². The maximum absolute atomic E-state index is 12.4. The predicted molar refractivity (Wildman–Crippen MR) is 105 cm³/mol. The van der Waals surface area contributed by atoms with Crippen molar-refractivity contribution in [2.45, 2.75) is 45.6 Å². The molecule has 0 aromatic heterocycles. The van der Waals surface area contributed by atoms with Gasteiger partial charge in [-0.1, -0.05) is 0 Å². The monoisotopic (exact) mass is 411 g/mol. The van der Waals surface area contributed by atoms with Gasteiger partial charge in [0.05, 0.1) is 18.5 Å². The van der Waals surface area contributed by atoms with Gasteiger partial charge in [0.15, 0.2) is 0 Å². The van der Waals surface area contributed by atoms with Crippen molar-refractivity contribution < 1.29 is 17.9 Å². The molecule has 154 valence electrons. The third-order valence-corrected chi connectivity index (χ3v) is 6.84. The molecular weight excluding hydrogens is 378 g/mol. The molecule has 1 amide bonds. The van der Waals surface area contributed by atoms with Crippen molar-refractivity contribution in [2.75, 3.05) is 51.6 Å². The Morgan fingerprint density at radius 3 is 2.35 bits per heavy atom. The molecule has 0 radical (unpaired) electrons. The predicted octanol–water partition coefficient (Wildman–Crippen LogP) is 1.09. The van der Waals surface area contributed by atoms with Gasteiger partial charge in [0, 0.05) is 32.6 Å². The Hall–Kier alpha value is -0.410. The quantitative estimate of drug-likeness (QED) is 0.646. The van der Waals surface area contributed by atoms with Crippen LogP contribution >= 0.6 is 12.4 Å². The second-order valence-corrected chi connectivity index (χ2v) is 9.34. The topological polar surface area (TPSA) is 79.0 Å². The van der Waals surface area contributed by atoms with Gasteiger partial charge in [0.25, 0.3) is 0 Å². The van der Waals surface area contributed by atoms with Crippen LogP contribution in [0, 0.1) is 5.92 Å². The van der Waals surface area contributed by atoms with E-state index in [2.05, 4.69) is 5.32 Å². The Labute approximate surface area is 164 Å². The second kappa shape index (κ2) is 11.4. The van der Waals surface area contributed by atoms with E-state index in [0.29, 0.717) is 38.5 Å². The minimum atomic E-state index is -3.29. The number of sulfonamides is 1. The number of amides is 1. The van der Waals surface area contributed by atoms with Crippen molar-refractivity contribution in [2.24, 2.45) is 5.92 Å². The van der Waals surface area contributed by atoms with E-state index in [9.17, 15) is 13.2 Å². The molecule has 2 aliphatic rings. The molecule has 1 N–H and O–H groups in total. The Morgan fingerprint density at radius 1 is 1.15 bits per heavy atom. The maximum atomic E-state index is 12.4. The van der Waals surface area contributed by atoms with Crippen LogP contribution in [0.3, 0.4) is 0 Å². The molecule has 2 rings (SSSR count). The van der Waals surface area contributed by atoms with Gasteiger partial charge < -0.3 is 15.0 Å². The smallest absolute Gasteiger partial charge is 0.222 e. The number of ether oxygens (including phenoxy) is 1. The lowest BCUT2D eigenvalue weighted by Gasteiger charge is -2.34. The molecule has 0 aliphatic carbocycles. The first kappa shape index (κ1) is 23.6. The molecule has 26 heavy (non-hydrogen) atoms. The molecule has 9 heteroatoms. The molecule has 0 aromatic rings. The highest BCUT2D eigenvalue weighted by molar-refractivity contribution is 7.89. The molecule has 2 saturated heterocycles. The average Bonchev–Trinajstić information content (AvgIpc) is 2.60. The van der Waals surface area contributed by atoms with E-state index < -0.39 is 10.0 Å². The summed E-state index contributed by atoms with van der Waals surface area (Å²) in [7, 11) is -3.29. The first-order valence-corrected chi connectivity index (χ1v) is 11.1. The van der Waals surface area contributed by atoms with Crippen LogP contribution in [-0.2, 0) is 19.6 Å². The summed E-state index contributed by atoms with van der Waals surface area (Å²) in [6.07, 6.45) is 3.87. The number of nitrogens with zero attached hydrogens (tertiary/aromatic N) is 2. The van der Waals surface area contributed by atoms with Crippen LogP contribution in [-0.4, -0.2) is 81.3 Å². The minimum absolute atomic E-state index is 0. The van der Waals surface area contributed by atoms with Gasteiger partial charge in [0.1, 0.15) is 0 Å². The zero-order valence-electron chi connectivity index (χ0n) is 16.0. The van der Waals surface area contributed by atoms with Crippen LogP contribution in [0.2, 0.25) is 0 Å². The molecule has 0 bridgehead atoms. The minimum Gasteiger partial charge on any atom is -0.378 e. The number of carbonyl (C=O) groups is 1. The highest BCUT2D eigenvalue weighted by Gasteiger charge is 2.28. The number of carbonyl (C=O) groups excluding carboxylic acids is 1. The van der Waals surface area contributed by atoms with Gasteiger partial charge in [-0.3, -0.25) is 4.79 Å². The molecule has 2 fully saturated rings. The Morgan fingerprint density at radius 2 is 1.77 bits per heavy atom. The van der Waals surface area contributed by atoms with Gasteiger partial charge in [-0.15, -0.1) is 12.4 Å². The summed E-state index contributed by atoms with van der Waals surface area (Å²) in [6.45, 7) is 7.87. The van der Waals surface area contributed by atoms with Crippen molar-refractivity contribution >= 4 is 28.3 Å². The van der Waals surface area contributed by atoms with Crippen LogP contribution in [0.15, 0.2) is 0 Å². The van der Waals surface area contributed by atoms with Crippen LogP contribution < -0.4 is 5.32 Å². The fraction of sp³-hybridized carbons (Fsp3) is 0.941. The van der Waals surface area contributed by atoms with Crippen molar-refractivity contribution in [3.8, 4) is 0 Å². The third-order valence-electron chi connectivity index (χ3n) is 5.00. The number of halogens is 1. The number of nitrogens with one attached hydrogen (secondary N) is 1. The van der Waals surface area contributed by atoms with Gasteiger partial charge >= 0.3 is 0 Å². The first-order chi connectivity index (χ1) is 11.9. The Balaban J connectivity index is 0.00000338. The van der Waals surface area contributed by atoms with Crippen molar-refractivity contribution in [1.82, 2.24) is 14.5 Å². The van der Waals surface area contributed by atoms with E-state index in [1.807, 2.05) is 18.7 Å². The van der Waals surface area contributed by atoms with E-state index in [0.717, 1.165) is 32.4 Å². The molecule has 0 spiro atoms. The van der Waals surface area contributed by atoms with Gasteiger partial charge in [0.2, 0.25) is 15.9 Å². The van der Waals surface area contributed by atoms with E-state index in [4.69, 9.17) is 4.74 Å². The van der Waals surface area contributed by atoms with Crippen molar-refractivity contribution in [3.63, 3.8) is 0 Å². The third kappa shape index (κ3) is 7.68. The highest BCUT2D eigenvalue weighted by Crippen LogP contribution is 2.19. The Kier molecular flexibility index (Phi) is 10.4. The van der Waals surface area contributed by atoms with Crippen LogP contribution in [0.5, 0.6) is 0 Å². The summed E-state index contributed by atoms with van der Waals surface area (Å²) in [4.78, 5) is 14.2. The summed E-state index contributed by atoms with van der Waals surface area (Å²) in [5, 5.41) is 3.34. The van der Waals surface area contributed by atoms with E-state index in [-0.39, 0.29) is 36.8 Å². The summed E-state index contributed by atoms with van der Waals surface area (Å²) >= 11 is 0. The SMILES string of the molecule is CC(C)OCCS(=O)(=O)N1CCN(C(=O)CCC2CCNCC2)CC1.Cl. The lowest BCUT2D eigenvalue weighted by molar-refractivity contribution is -0.132. The first-order valence-electron chi connectivity index (χ1n) is 9.46. The highest BCUT2D eigenvalue weighted by atomic mass is 35.5. The normalized spacial score (nSPS) is 20.2. The average molecular weight is 412 g/mol. The maximum Gasteiger partial charge on any atom is 0.222 e. The number of piperazine rings is 1. The zero-order chi connectivity index (χ0) is 18.3. The fourth-order valence-electron chi connectivity index (χ4n) is 3.39. The summed E-state index contributed by atoms with van der Waals surface area (Å²) in [5.41, 5.74) is 0. The molecular formula is C17H34ClN3O4S. The second-order valence-electron chi connectivity index (χ2n) is 7.25. The summed E-state index contributed by atoms with van der Waals surface area (Å²) in [6, 6.07) is 0. The summed E-state index contributed by atoms with van der Waals surface area (Å²) in [5.74, 6) is 0.820. The van der Waals surface area contributed by atoms with Crippen LogP contribution in [0.25, 0.3) is 0 Å². The van der Waals surface area contributed by atoms with Crippen LogP contribution in [0.4, 0.5) is 0 Å². The molecule has 2 heterocycles. The van der Waals surface area contributed by atoms with Crippen molar-refractivity contribution in [1.29, 1.82) is 0 Å². The number of rotatable bonds is 8. The zero-order valence-corrected chi connectivity index (χ0v) is 17.6. The van der Waals surface area contributed by atoms with Gasteiger partial charge in [-0.2, -0.15) is 4.31 Å². The lowest BCUT2D eigenvalue weighted by atomic mass is 9.93.